The topological polar surface area (TPSA) is 58.4 Å². The zero-order valence-corrected chi connectivity index (χ0v) is 11.2. The molecule has 0 aliphatic carbocycles. The number of hydrogen-bond acceptors (Lipinski definition) is 3. The van der Waals surface area contributed by atoms with Crippen LogP contribution >= 0.6 is 15.9 Å². The molecule has 17 heavy (non-hydrogen) atoms. The number of rotatable bonds is 3. The summed E-state index contributed by atoms with van der Waals surface area (Å²) in [6.45, 7) is 2.07. The highest BCUT2D eigenvalue weighted by atomic mass is 79.9. The van der Waals surface area contributed by atoms with E-state index in [9.17, 15) is 4.79 Å². The number of nitrogens with two attached hydrogens (primary N) is 1. The molecule has 1 aliphatic rings. The van der Waals surface area contributed by atoms with Gasteiger partial charge in [0.05, 0.1) is 17.9 Å². The molecule has 1 amide bonds. The van der Waals surface area contributed by atoms with Gasteiger partial charge < -0.3 is 16.0 Å². The normalized spacial score (nSPS) is 15.0. The van der Waals surface area contributed by atoms with Crippen LogP contribution in [0.2, 0.25) is 0 Å². The Morgan fingerprint density at radius 1 is 1.41 bits per heavy atom. The number of nitrogens with one attached hydrogen (secondary N) is 1. The Kier molecular flexibility index (Phi) is 3.89. The zero-order valence-electron chi connectivity index (χ0n) is 9.58. The van der Waals surface area contributed by atoms with Crippen molar-refractivity contribution in [2.24, 2.45) is 0 Å². The smallest absolute Gasteiger partial charge is 0.241 e. The van der Waals surface area contributed by atoms with Crippen LogP contribution in [0.5, 0.6) is 0 Å². The third kappa shape index (κ3) is 3.12. The second kappa shape index (κ2) is 5.40. The third-order valence-electron chi connectivity index (χ3n) is 2.90. The van der Waals surface area contributed by atoms with Gasteiger partial charge in [0.25, 0.3) is 0 Å². The van der Waals surface area contributed by atoms with Gasteiger partial charge in [-0.3, -0.25) is 4.79 Å². The molecule has 0 aromatic heterocycles. The van der Waals surface area contributed by atoms with E-state index in [0.717, 1.165) is 36.1 Å². The number of halogens is 1. The Morgan fingerprint density at radius 3 is 2.82 bits per heavy atom. The summed E-state index contributed by atoms with van der Waals surface area (Å²) in [4.78, 5) is 13.7. The molecule has 1 heterocycles. The van der Waals surface area contributed by atoms with Crippen molar-refractivity contribution in [3.63, 3.8) is 0 Å². The Hall–Kier alpha value is -1.23. The average molecular weight is 298 g/mol. The lowest BCUT2D eigenvalue weighted by Crippen LogP contribution is -2.33. The fourth-order valence-electron chi connectivity index (χ4n) is 1.93. The van der Waals surface area contributed by atoms with Crippen molar-refractivity contribution in [1.29, 1.82) is 0 Å². The van der Waals surface area contributed by atoms with E-state index < -0.39 is 0 Å². The molecule has 2 rings (SSSR count). The van der Waals surface area contributed by atoms with Gasteiger partial charge in [-0.05, 0) is 31.0 Å². The Morgan fingerprint density at radius 2 is 2.12 bits per heavy atom. The first-order valence-corrected chi connectivity index (χ1v) is 6.53. The average Bonchev–Trinajstić information content (AvgIpc) is 2.83. The van der Waals surface area contributed by atoms with E-state index in [-0.39, 0.29) is 5.91 Å². The number of hydrogen-bond donors (Lipinski definition) is 2. The van der Waals surface area contributed by atoms with Crippen LogP contribution < -0.4 is 11.1 Å². The van der Waals surface area contributed by atoms with Gasteiger partial charge in [0.1, 0.15) is 0 Å². The van der Waals surface area contributed by atoms with Crippen molar-refractivity contribution < 1.29 is 4.79 Å². The zero-order chi connectivity index (χ0) is 12.3. The van der Waals surface area contributed by atoms with Crippen LogP contribution in [-0.4, -0.2) is 30.4 Å². The number of likely N-dealkylation sites (tertiary alicyclic amines) is 1. The predicted octanol–water partition coefficient (Wildman–Crippen LogP) is 2.07. The lowest BCUT2D eigenvalue weighted by atomic mass is 10.2. The molecule has 1 saturated heterocycles. The molecule has 0 saturated carbocycles. The van der Waals surface area contributed by atoms with Crippen LogP contribution in [0.25, 0.3) is 0 Å². The van der Waals surface area contributed by atoms with Gasteiger partial charge in [0.15, 0.2) is 0 Å². The summed E-state index contributed by atoms with van der Waals surface area (Å²) in [5, 5.41) is 3.08. The first-order chi connectivity index (χ1) is 8.16. The molecule has 5 heteroatoms. The van der Waals surface area contributed by atoms with Crippen molar-refractivity contribution >= 4 is 33.2 Å². The van der Waals surface area contributed by atoms with Crippen LogP contribution in [0.3, 0.4) is 0 Å². The maximum Gasteiger partial charge on any atom is 0.241 e. The molecule has 1 aromatic rings. The van der Waals surface area contributed by atoms with E-state index in [1.165, 1.54) is 0 Å². The van der Waals surface area contributed by atoms with Gasteiger partial charge in [-0.15, -0.1) is 0 Å². The lowest BCUT2D eigenvalue weighted by Gasteiger charge is -2.16. The summed E-state index contributed by atoms with van der Waals surface area (Å²) in [5.41, 5.74) is 7.27. The predicted molar refractivity (Wildman–Crippen MR) is 72.9 cm³/mol. The van der Waals surface area contributed by atoms with E-state index in [1.54, 1.807) is 0 Å². The van der Waals surface area contributed by atoms with Gasteiger partial charge in [-0.25, -0.2) is 0 Å². The van der Waals surface area contributed by atoms with Gasteiger partial charge in [-0.1, -0.05) is 15.9 Å². The first kappa shape index (κ1) is 12.2. The van der Waals surface area contributed by atoms with E-state index in [1.807, 2.05) is 23.1 Å². The minimum Gasteiger partial charge on any atom is -0.397 e. The molecule has 1 aliphatic heterocycles. The molecule has 0 atom stereocenters. The quantitative estimate of drug-likeness (QED) is 0.840. The molecule has 0 radical (unpaired) electrons. The number of anilines is 2. The lowest BCUT2D eigenvalue weighted by molar-refractivity contribution is -0.128. The first-order valence-electron chi connectivity index (χ1n) is 5.73. The summed E-state index contributed by atoms with van der Waals surface area (Å²) in [6.07, 6.45) is 2.23. The maximum absolute atomic E-state index is 11.8. The molecule has 92 valence electrons. The standard InChI is InChI=1S/C12H16BrN3O/c13-9-3-4-10(14)11(7-9)15-8-12(17)16-5-1-2-6-16/h3-4,7,15H,1-2,5-6,8,14H2. The van der Waals surface area contributed by atoms with Gasteiger partial charge in [0.2, 0.25) is 5.91 Å². The summed E-state index contributed by atoms with van der Waals surface area (Å²) in [7, 11) is 0. The molecular weight excluding hydrogens is 282 g/mol. The summed E-state index contributed by atoms with van der Waals surface area (Å²) in [5.74, 6) is 0.141. The second-order valence-corrected chi connectivity index (χ2v) is 5.09. The molecule has 4 nitrogen and oxygen atoms in total. The van der Waals surface area contributed by atoms with E-state index >= 15 is 0 Å². The highest BCUT2D eigenvalue weighted by Gasteiger charge is 2.17. The van der Waals surface area contributed by atoms with Crippen LogP contribution in [0.4, 0.5) is 11.4 Å². The highest BCUT2D eigenvalue weighted by molar-refractivity contribution is 9.10. The number of carbonyl (C=O) groups excluding carboxylic acids is 1. The molecule has 0 spiro atoms. The summed E-state index contributed by atoms with van der Waals surface area (Å²) >= 11 is 3.38. The second-order valence-electron chi connectivity index (χ2n) is 4.17. The van der Waals surface area contributed by atoms with Crippen molar-refractivity contribution in [3.8, 4) is 0 Å². The third-order valence-corrected chi connectivity index (χ3v) is 3.40. The Bertz CT molecular complexity index is 416. The van der Waals surface area contributed by atoms with E-state index in [4.69, 9.17) is 5.73 Å². The van der Waals surface area contributed by atoms with Crippen LogP contribution in [0.1, 0.15) is 12.8 Å². The van der Waals surface area contributed by atoms with E-state index in [0.29, 0.717) is 12.2 Å². The summed E-state index contributed by atoms with van der Waals surface area (Å²) < 4.78 is 0.947. The maximum atomic E-state index is 11.8. The van der Waals surface area contributed by atoms with E-state index in [2.05, 4.69) is 21.2 Å². The number of nitrogen functional groups attached to an aromatic ring is 1. The molecule has 3 N–H and O–H groups in total. The Labute approximate surface area is 109 Å². The molecule has 1 aromatic carbocycles. The van der Waals surface area contributed by atoms with Crippen molar-refractivity contribution in [2.75, 3.05) is 30.7 Å². The largest absolute Gasteiger partial charge is 0.397 e. The number of carbonyl (C=O) groups is 1. The number of benzene rings is 1. The fourth-order valence-corrected chi connectivity index (χ4v) is 2.29. The van der Waals surface area contributed by atoms with Crippen LogP contribution in [0.15, 0.2) is 22.7 Å². The molecule has 0 unspecified atom stereocenters. The van der Waals surface area contributed by atoms with Crippen molar-refractivity contribution in [1.82, 2.24) is 4.90 Å². The summed E-state index contributed by atoms with van der Waals surface area (Å²) in [6, 6.07) is 5.57. The SMILES string of the molecule is Nc1ccc(Br)cc1NCC(=O)N1CCCC1. The van der Waals surface area contributed by atoms with Crippen molar-refractivity contribution in [3.05, 3.63) is 22.7 Å². The monoisotopic (exact) mass is 297 g/mol. The molecule has 0 bridgehead atoms. The van der Waals surface area contributed by atoms with Gasteiger partial charge in [-0.2, -0.15) is 0 Å². The molecule has 1 fully saturated rings. The van der Waals surface area contributed by atoms with Crippen LogP contribution in [-0.2, 0) is 4.79 Å². The minimum absolute atomic E-state index is 0.141. The number of amides is 1. The van der Waals surface area contributed by atoms with Crippen molar-refractivity contribution in [2.45, 2.75) is 12.8 Å². The van der Waals surface area contributed by atoms with Gasteiger partial charge >= 0.3 is 0 Å². The molecular formula is C12H16BrN3O. The van der Waals surface area contributed by atoms with Crippen LogP contribution in [0, 0.1) is 0 Å². The fraction of sp³-hybridized carbons (Fsp3) is 0.417. The minimum atomic E-state index is 0.141. The Balaban J connectivity index is 1.92. The van der Waals surface area contributed by atoms with Gasteiger partial charge in [0, 0.05) is 17.6 Å². The number of nitrogens with zero attached hydrogens (tertiary/aromatic N) is 1. The highest BCUT2D eigenvalue weighted by Crippen LogP contribution is 2.23.